The van der Waals surface area contributed by atoms with Crippen LogP contribution in [-0.4, -0.2) is 43.6 Å². The van der Waals surface area contributed by atoms with Crippen LogP contribution < -0.4 is 5.32 Å². The summed E-state index contributed by atoms with van der Waals surface area (Å²) in [6.45, 7) is 8.03. The molecule has 1 heterocycles. The number of rotatable bonds is 5. The summed E-state index contributed by atoms with van der Waals surface area (Å²) in [4.78, 5) is 0. The van der Waals surface area contributed by atoms with Crippen molar-refractivity contribution < 1.29 is 8.42 Å². The highest BCUT2D eigenvalue weighted by Gasteiger charge is 2.30. The van der Waals surface area contributed by atoms with Crippen molar-refractivity contribution in [3.8, 4) is 0 Å². The third-order valence-electron chi connectivity index (χ3n) is 5.38. The second kappa shape index (κ2) is 7.42. The molecule has 0 aromatic carbocycles. The summed E-state index contributed by atoms with van der Waals surface area (Å²) in [5.74, 6) is 1.95. The summed E-state index contributed by atoms with van der Waals surface area (Å²) in [7, 11) is -3.00. The number of piperidine rings is 1. The Morgan fingerprint density at radius 1 is 1.00 bits per heavy atom. The minimum Gasteiger partial charge on any atom is -0.311 e. The molecule has 0 radical (unpaired) electrons. The number of hydrogen-bond acceptors (Lipinski definition) is 3. The predicted molar refractivity (Wildman–Crippen MR) is 87.8 cm³/mol. The van der Waals surface area contributed by atoms with Gasteiger partial charge in [-0.25, -0.2) is 12.7 Å². The number of nitrogens with zero attached hydrogens (tertiary/aromatic N) is 1. The van der Waals surface area contributed by atoms with Gasteiger partial charge in [0.1, 0.15) is 0 Å². The van der Waals surface area contributed by atoms with Crippen LogP contribution >= 0.6 is 0 Å². The molecule has 0 aromatic rings. The second-order valence-corrected chi connectivity index (χ2v) is 9.21. The molecular weight excluding hydrogens is 284 g/mol. The van der Waals surface area contributed by atoms with Crippen molar-refractivity contribution in [2.24, 2.45) is 11.8 Å². The van der Waals surface area contributed by atoms with Crippen molar-refractivity contribution >= 4 is 10.0 Å². The van der Waals surface area contributed by atoms with Crippen molar-refractivity contribution in [3.05, 3.63) is 0 Å². The van der Waals surface area contributed by atoms with Crippen LogP contribution in [0.3, 0.4) is 0 Å². The van der Waals surface area contributed by atoms with Crippen LogP contribution in [0, 0.1) is 11.8 Å². The van der Waals surface area contributed by atoms with E-state index in [-0.39, 0.29) is 0 Å². The molecule has 1 aliphatic heterocycles. The van der Waals surface area contributed by atoms with Gasteiger partial charge in [-0.3, -0.25) is 0 Å². The van der Waals surface area contributed by atoms with Crippen LogP contribution in [0.25, 0.3) is 0 Å². The molecule has 2 fully saturated rings. The maximum Gasteiger partial charge on any atom is 0.214 e. The molecule has 5 heteroatoms. The van der Waals surface area contributed by atoms with Crippen molar-refractivity contribution in [2.45, 2.75) is 71.4 Å². The molecule has 4 nitrogen and oxygen atoms in total. The van der Waals surface area contributed by atoms with Gasteiger partial charge < -0.3 is 5.32 Å². The average molecular weight is 317 g/mol. The van der Waals surface area contributed by atoms with Gasteiger partial charge in [0.05, 0.1) is 5.75 Å². The van der Waals surface area contributed by atoms with E-state index in [0.717, 1.165) is 24.7 Å². The van der Waals surface area contributed by atoms with Crippen LogP contribution in [0.4, 0.5) is 0 Å². The topological polar surface area (TPSA) is 49.4 Å². The predicted octanol–water partition coefficient (Wildman–Crippen LogP) is 2.60. The Labute approximate surface area is 130 Å². The fourth-order valence-corrected chi connectivity index (χ4v) is 5.26. The van der Waals surface area contributed by atoms with Gasteiger partial charge in [0.2, 0.25) is 10.0 Å². The zero-order chi connectivity index (χ0) is 15.5. The van der Waals surface area contributed by atoms with Crippen molar-refractivity contribution in [3.63, 3.8) is 0 Å². The Morgan fingerprint density at radius 3 is 2.24 bits per heavy atom. The molecule has 1 aliphatic carbocycles. The van der Waals surface area contributed by atoms with E-state index in [4.69, 9.17) is 0 Å². The molecule has 124 valence electrons. The Kier molecular flexibility index (Phi) is 6.09. The van der Waals surface area contributed by atoms with E-state index in [1.54, 1.807) is 4.31 Å². The minimum absolute atomic E-state index is 0.295. The number of sulfonamides is 1. The highest BCUT2D eigenvalue weighted by molar-refractivity contribution is 7.89. The molecule has 3 atom stereocenters. The first kappa shape index (κ1) is 17.2. The fraction of sp³-hybridized carbons (Fsp3) is 1.00. The molecule has 1 saturated heterocycles. The quantitative estimate of drug-likeness (QED) is 0.848. The van der Waals surface area contributed by atoms with Gasteiger partial charge >= 0.3 is 0 Å². The van der Waals surface area contributed by atoms with E-state index in [1.165, 1.54) is 19.3 Å². The molecule has 1 saturated carbocycles. The van der Waals surface area contributed by atoms with Crippen LogP contribution in [0.15, 0.2) is 0 Å². The van der Waals surface area contributed by atoms with Gasteiger partial charge in [0.25, 0.3) is 0 Å². The van der Waals surface area contributed by atoms with Gasteiger partial charge in [-0.05, 0) is 50.4 Å². The lowest BCUT2D eigenvalue weighted by molar-refractivity contribution is 0.195. The lowest BCUT2D eigenvalue weighted by atomic mass is 9.79. The summed E-state index contributed by atoms with van der Waals surface area (Å²) in [5, 5.41) is 3.79. The molecule has 1 N–H and O–H groups in total. The van der Waals surface area contributed by atoms with Crippen molar-refractivity contribution in [1.29, 1.82) is 0 Å². The summed E-state index contributed by atoms with van der Waals surface area (Å²) in [5.41, 5.74) is 0. The van der Waals surface area contributed by atoms with Gasteiger partial charge in [-0.15, -0.1) is 0 Å². The largest absolute Gasteiger partial charge is 0.311 e. The van der Waals surface area contributed by atoms with E-state index in [2.05, 4.69) is 19.2 Å². The Morgan fingerprint density at radius 2 is 1.67 bits per heavy atom. The van der Waals surface area contributed by atoms with Gasteiger partial charge in [-0.2, -0.15) is 0 Å². The SMILES string of the molecule is CCCS(=O)(=O)N1CCC(NC2CCC(C)C(C)C2)CC1. The number of nitrogens with one attached hydrogen (secondary N) is 1. The lowest BCUT2D eigenvalue weighted by Crippen LogP contribution is -2.49. The minimum atomic E-state index is -3.00. The Hall–Kier alpha value is -0.130. The molecule has 21 heavy (non-hydrogen) atoms. The fourth-order valence-electron chi connectivity index (χ4n) is 3.72. The highest BCUT2D eigenvalue weighted by Crippen LogP contribution is 2.30. The van der Waals surface area contributed by atoms with Crippen molar-refractivity contribution in [1.82, 2.24) is 9.62 Å². The van der Waals surface area contributed by atoms with E-state index in [1.807, 2.05) is 6.92 Å². The first-order chi connectivity index (χ1) is 9.92. The van der Waals surface area contributed by atoms with Gasteiger partial charge in [0.15, 0.2) is 0 Å². The third kappa shape index (κ3) is 4.67. The monoisotopic (exact) mass is 316 g/mol. The number of hydrogen-bond donors (Lipinski definition) is 1. The Bertz CT molecular complexity index is 416. The van der Waals surface area contributed by atoms with E-state index in [0.29, 0.717) is 37.3 Å². The smallest absolute Gasteiger partial charge is 0.214 e. The zero-order valence-electron chi connectivity index (χ0n) is 13.8. The standard InChI is InChI=1S/C16H32N2O2S/c1-4-11-21(19,20)18-9-7-15(8-10-18)17-16-6-5-13(2)14(3)12-16/h13-17H,4-12H2,1-3H3. The normalized spacial score (nSPS) is 33.2. The van der Waals surface area contributed by atoms with Crippen LogP contribution in [0.2, 0.25) is 0 Å². The van der Waals surface area contributed by atoms with Crippen LogP contribution in [0.1, 0.15) is 59.3 Å². The molecule has 2 aliphatic rings. The summed E-state index contributed by atoms with van der Waals surface area (Å²) < 4.78 is 25.8. The maximum atomic E-state index is 12.1. The maximum absolute atomic E-state index is 12.1. The summed E-state index contributed by atoms with van der Waals surface area (Å²) in [6.07, 6.45) is 6.50. The first-order valence-electron chi connectivity index (χ1n) is 8.66. The van der Waals surface area contributed by atoms with E-state index < -0.39 is 10.0 Å². The average Bonchev–Trinajstić information content (AvgIpc) is 2.43. The first-order valence-corrected chi connectivity index (χ1v) is 10.3. The van der Waals surface area contributed by atoms with E-state index >= 15 is 0 Å². The molecule has 0 aromatic heterocycles. The Balaban J connectivity index is 1.77. The molecule has 0 bridgehead atoms. The van der Waals surface area contributed by atoms with Crippen LogP contribution in [0.5, 0.6) is 0 Å². The lowest BCUT2D eigenvalue weighted by Gasteiger charge is -2.38. The van der Waals surface area contributed by atoms with Gasteiger partial charge in [0, 0.05) is 25.2 Å². The van der Waals surface area contributed by atoms with Gasteiger partial charge in [-0.1, -0.05) is 20.8 Å². The third-order valence-corrected chi connectivity index (χ3v) is 7.46. The molecule has 3 unspecified atom stereocenters. The van der Waals surface area contributed by atoms with E-state index in [9.17, 15) is 8.42 Å². The zero-order valence-corrected chi connectivity index (χ0v) is 14.7. The molecule has 0 amide bonds. The second-order valence-electron chi connectivity index (χ2n) is 7.12. The summed E-state index contributed by atoms with van der Waals surface area (Å²) >= 11 is 0. The molecule has 2 rings (SSSR count). The molecular formula is C16H32N2O2S. The summed E-state index contributed by atoms with van der Waals surface area (Å²) in [6, 6.07) is 1.14. The molecule has 0 spiro atoms. The highest BCUT2D eigenvalue weighted by atomic mass is 32.2. The van der Waals surface area contributed by atoms with Crippen LogP contribution in [-0.2, 0) is 10.0 Å². The van der Waals surface area contributed by atoms with Crippen molar-refractivity contribution in [2.75, 3.05) is 18.8 Å².